The van der Waals surface area contributed by atoms with Gasteiger partial charge in [-0.3, -0.25) is 0 Å². The van der Waals surface area contributed by atoms with Crippen LogP contribution in [0.25, 0.3) is 0 Å². The zero-order valence-electron chi connectivity index (χ0n) is 11.5. The molecule has 1 aliphatic rings. The number of rotatable bonds is 1. The van der Waals surface area contributed by atoms with Gasteiger partial charge >= 0.3 is 0 Å². The van der Waals surface area contributed by atoms with Crippen LogP contribution in [-0.4, -0.2) is 29.9 Å². The molecule has 0 aliphatic carbocycles. The molecule has 2 aromatic rings. The van der Waals surface area contributed by atoms with Crippen LogP contribution in [0.15, 0.2) is 58.0 Å². The summed E-state index contributed by atoms with van der Waals surface area (Å²) in [6.45, 7) is 0.201. The van der Waals surface area contributed by atoms with Gasteiger partial charge in [0.15, 0.2) is 5.84 Å². The molecule has 3 rings (SSSR count). The molecular formula is C16H14BrN3O. The first-order chi connectivity index (χ1) is 10.2. The van der Waals surface area contributed by atoms with Crippen molar-refractivity contribution < 1.29 is 4.74 Å². The Kier molecular flexibility index (Phi) is 3.75. The predicted octanol–water partition coefficient (Wildman–Crippen LogP) is 3.06. The molecule has 1 aliphatic heterocycles. The lowest BCUT2D eigenvalue weighted by molar-refractivity contribution is -0.439. The predicted molar refractivity (Wildman–Crippen MR) is 88.4 cm³/mol. The van der Waals surface area contributed by atoms with Crippen LogP contribution in [0.1, 0.15) is 11.1 Å². The quantitative estimate of drug-likeness (QED) is 0.639. The van der Waals surface area contributed by atoms with E-state index in [0.717, 1.165) is 26.0 Å². The van der Waals surface area contributed by atoms with E-state index in [-0.39, 0.29) is 6.54 Å². The maximum atomic E-state index is 12.6. The summed E-state index contributed by atoms with van der Waals surface area (Å²) in [7, 11) is 1.78. The number of hydroxylamine groups is 1. The second-order valence-electron chi connectivity index (χ2n) is 4.72. The van der Waals surface area contributed by atoms with Crippen LogP contribution >= 0.6 is 15.9 Å². The van der Waals surface area contributed by atoms with Crippen molar-refractivity contribution in [1.29, 1.82) is 0 Å². The number of fused-ring (bicyclic) bond motifs is 1. The molecule has 1 heterocycles. The number of likely N-dealkylation sites (N-methyl/N-ethyl adjacent to an activating group) is 1. The minimum Gasteiger partial charge on any atom is -0.623 e. The first kappa shape index (κ1) is 13.8. The molecule has 0 radical (unpaired) electrons. The van der Waals surface area contributed by atoms with Gasteiger partial charge in [0.25, 0.3) is 0 Å². The smallest absolute Gasteiger partial charge is 0.228 e. The van der Waals surface area contributed by atoms with Crippen LogP contribution in [0.5, 0.6) is 0 Å². The highest BCUT2D eigenvalue weighted by Crippen LogP contribution is 2.28. The van der Waals surface area contributed by atoms with Crippen LogP contribution in [0, 0.1) is 5.21 Å². The number of nitrogens with one attached hydrogen (secondary N) is 1. The number of hydrogen-bond acceptors (Lipinski definition) is 3. The summed E-state index contributed by atoms with van der Waals surface area (Å²) in [6, 6.07) is 15.5. The van der Waals surface area contributed by atoms with Crippen LogP contribution in [0.2, 0.25) is 0 Å². The molecule has 0 bridgehead atoms. The van der Waals surface area contributed by atoms with E-state index in [2.05, 4.69) is 26.2 Å². The minimum absolute atomic E-state index is 0.201. The van der Waals surface area contributed by atoms with E-state index in [1.54, 1.807) is 7.05 Å². The molecule has 0 spiro atoms. The van der Waals surface area contributed by atoms with Crippen molar-refractivity contribution >= 4 is 33.2 Å². The Morgan fingerprint density at radius 2 is 1.95 bits per heavy atom. The number of aliphatic imine (C=N–C) groups is 1. The molecule has 0 fully saturated rings. The molecule has 0 saturated heterocycles. The fraction of sp³-hybridized carbons (Fsp3) is 0.125. The highest BCUT2D eigenvalue weighted by atomic mass is 79.9. The van der Waals surface area contributed by atoms with Gasteiger partial charge in [0.2, 0.25) is 12.3 Å². The summed E-state index contributed by atoms with van der Waals surface area (Å²) in [6.07, 6.45) is 0. The first-order valence-corrected chi connectivity index (χ1v) is 7.40. The van der Waals surface area contributed by atoms with Crippen LogP contribution in [-0.2, 0) is 0 Å². The topological polar surface area (TPSA) is 50.5 Å². The molecule has 2 aromatic carbocycles. The van der Waals surface area contributed by atoms with E-state index in [9.17, 15) is 5.21 Å². The van der Waals surface area contributed by atoms with Crippen molar-refractivity contribution in [3.05, 3.63) is 69.3 Å². The molecule has 0 atom stereocenters. The third-order valence-electron chi connectivity index (χ3n) is 3.35. The van der Waals surface area contributed by atoms with Crippen molar-refractivity contribution in [3.8, 4) is 0 Å². The monoisotopic (exact) mass is 343 g/mol. The Balaban J connectivity index is 2.27. The van der Waals surface area contributed by atoms with Gasteiger partial charge in [-0.05, 0) is 30.3 Å². The standard InChI is InChI=1S/C16H14BrN3O/c1-18-15-10-20(21)16(11-5-3-2-4-6-11)13-9-12(17)7-8-14(13)19-15/h2-9H,10H2,1H3,(H,18,19). The number of halogens is 1. The molecule has 1 N–H and O–H groups in total. The van der Waals surface area contributed by atoms with Gasteiger partial charge in [0.1, 0.15) is 0 Å². The maximum absolute atomic E-state index is 12.6. The first-order valence-electron chi connectivity index (χ1n) is 6.61. The molecule has 0 unspecified atom stereocenters. The van der Waals surface area contributed by atoms with Gasteiger partial charge in [-0.1, -0.05) is 34.1 Å². The molecular weight excluding hydrogens is 330 g/mol. The lowest BCUT2D eigenvalue weighted by Gasteiger charge is -2.10. The van der Waals surface area contributed by atoms with Gasteiger partial charge in [-0.15, -0.1) is 0 Å². The minimum atomic E-state index is 0.201. The average Bonchev–Trinajstić information content (AvgIpc) is 2.63. The van der Waals surface area contributed by atoms with E-state index in [1.165, 1.54) is 0 Å². The molecule has 5 heteroatoms. The fourth-order valence-electron chi connectivity index (χ4n) is 2.36. The maximum Gasteiger partial charge on any atom is 0.228 e. The SMILES string of the molecule is CNC1=Nc2ccc(Br)cc2C(c2ccccc2)=[N+]([O-])C1. The van der Waals surface area contributed by atoms with Crippen molar-refractivity contribution in [2.45, 2.75) is 0 Å². The van der Waals surface area contributed by atoms with Crippen molar-refractivity contribution in [3.63, 3.8) is 0 Å². The van der Waals surface area contributed by atoms with E-state index in [4.69, 9.17) is 0 Å². The second-order valence-corrected chi connectivity index (χ2v) is 5.64. The third-order valence-corrected chi connectivity index (χ3v) is 3.84. The zero-order valence-corrected chi connectivity index (χ0v) is 13.1. The van der Waals surface area contributed by atoms with Crippen LogP contribution in [0.3, 0.4) is 0 Å². The Hall–Kier alpha value is -2.14. The van der Waals surface area contributed by atoms with Crippen molar-refractivity contribution in [2.75, 3.05) is 13.6 Å². The molecule has 21 heavy (non-hydrogen) atoms. The average molecular weight is 344 g/mol. The normalized spacial score (nSPS) is 14.3. The van der Waals surface area contributed by atoms with Gasteiger partial charge in [-0.2, -0.15) is 4.74 Å². The largest absolute Gasteiger partial charge is 0.623 e. The highest BCUT2D eigenvalue weighted by molar-refractivity contribution is 9.10. The van der Waals surface area contributed by atoms with Gasteiger partial charge in [0, 0.05) is 17.1 Å². The van der Waals surface area contributed by atoms with E-state index in [0.29, 0.717) is 11.5 Å². The summed E-state index contributed by atoms with van der Waals surface area (Å²) in [5.41, 5.74) is 3.15. The second kappa shape index (κ2) is 5.69. The summed E-state index contributed by atoms with van der Waals surface area (Å²) in [4.78, 5) is 4.55. The van der Waals surface area contributed by atoms with Crippen LogP contribution in [0.4, 0.5) is 5.69 Å². The summed E-state index contributed by atoms with van der Waals surface area (Å²) < 4.78 is 1.91. The number of benzene rings is 2. The van der Waals surface area contributed by atoms with Gasteiger partial charge in [-0.25, -0.2) is 4.99 Å². The molecule has 4 nitrogen and oxygen atoms in total. The Morgan fingerprint density at radius 3 is 2.67 bits per heavy atom. The zero-order chi connectivity index (χ0) is 14.8. The lowest BCUT2D eigenvalue weighted by atomic mass is 10.0. The molecule has 0 amide bonds. The highest BCUT2D eigenvalue weighted by Gasteiger charge is 2.24. The Labute approximate surface area is 131 Å². The van der Waals surface area contributed by atoms with E-state index in [1.807, 2.05) is 48.5 Å². The van der Waals surface area contributed by atoms with Crippen LogP contribution < -0.4 is 5.32 Å². The number of nitrogens with zero attached hydrogens (tertiary/aromatic N) is 2. The van der Waals surface area contributed by atoms with E-state index >= 15 is 0 Å². The molecule has 106 valence electrons. The van der Waals surface area contributed by atoms with Crippen molar-refractivity contribution in [2.24, 2.45) is 4.99 Å². The number of hydrogen-bond donors (Lipinski definition) is 1. The lowest BCUT2D eigenvalue weighted by Crippen LogP contribution is -2.29. The third kappa shape index (κ3) is 2.69. The van der Waals surface area contributed by atoms with Crippen molar-refractivity contribution in [1.82, 2.24) is 5.32 Å². The molecule has 0 saturated carbocycles. The summed E-state index contributed by atoms with van der Waals surface area (Å²) in [5.74, 6) is 0.652. The summed E-state index contributed by atoms with van der Waals surface area (Å²) in [5, 5.41) is 15.6. The Morgan fingerprint density at radius 1 is 1.19 bits per heavy atom. The van der Waals surface area contributed by atoms with E-state index < -0.39 is 0 Å². The number of amidine groups is 1. The Bertz CT molecular complexity index is 738. The van der Waals surface area contributed by atoms with Gasteiger partial charge in [0.05, 0.1) is 11.3 Å². The molecule has 0 aromatic heterocycles. The fourth-order valence-corrected chi connectivity index (χ4v) is 2.72. The van der Waals surface area contributed by atoms with Gasteiger partial charge < -0.3 is 10.5 Å². The summed E-state index contributed by atoms with van der Waals surface area (Å²) >= 11 is 3.47.